The highest BCUT2D eigenvalue weighted by Crippen LogP contribution is 2.31. The Labute approximate surface area is 144 Å². The van der Waals surface area contributed by atoms with Gasteiger partial charge in [-0.05, 0) is 47.3 Å². The molecule has 0 saturated carbocycles. The van der Waals surface area contributed by atoms with Gasteiger partial charge in [0.15, 0.2) is 0 Å². The molecule has 2 aliphatic rings. The van der Waals surface area contributed by atoms with Crippen molar-refractivity contribution in [2.45, 2.75) is 31.8 Å². The van der Waals surface area contributed by atoms with Crippen molar-refractivity contribution in [3.05, 3.63) is 28.7 Å². The average molecular weight is 381 g/mol. The van der Waals surface area contributed by atoms with Crippen molar-refractivity contribution in [3.8, 4) is 0 Å². The van der Waals surface area contributed by atoms with Gasteiger partial charge in [-0.3, -0.25) is 9.59 Å². The molecular weight excluding hydrogens is 360 g/mol. The van der Waals surface area contributed by atoms with E-state index < -0.39 is 0 Å². The number of nitrogens with one attached hydrogen (secondary N) is 1. The third kappa shape index (κ3) is 3.93. The number of hydrogen-bond donors (Lipinski definition) is 1. The van der Waals surface area contributed by atoms with Gasteiger partial charge >= 0.3 is 0 Å². The summed E-state index contributed by atoms with van der Waals surface area (Å²) in [4.78, 5) is 26.2. The van der Waals surface area contributed by atoms with E-state index in [2.05, 4.69) is 21.2 Å². The summed E-state index contributed by atoms with van der Waals surface area (Å²) in [7, 11) is 0. The molecular formula is C17H21BrN2O3. The van der Waals surface area contributed by atoms with E-state index in [1.807, 2.05) is 24.3 Å². The molecule has 2 amide bonds. The average Bonchev–Trinajstić information content (AvgIpc) is 3.17. The number of para-hydroxylation sites is 1. The predicted octanol–water partition coefficient (Wildman–Crippen LogP) is 2.49. The summed E-state index contributed by atoms with van der Waals surface area (Å²) < 4.78 is 6.41. The monoisotopic (exact) mass is 380 g/mol. The largest absolute Gasteiger partial charge is 0.378 e. The summed E-state index contributed by atoms with van der Waals surface area (Å²) in [5.74, 6) is -0.318. The van der Waals surface area contributed by atoms with Crippen LogP contribution in [0.2, 0.25) is 0 Å². The summed E-state index contributed by atoms with van der Waals surface area (Å²) in [5, 5.41) is 2.95. The fourth-order valence-electron chi connectivity index (χ4n) is 3.16. The van der Waals surface area contributed by atoms with Crippen LogP contribution in [-0.2, 0) is 14.3 Å². The highest BCUT2D eigenvalue weighted by molar-refractivity contribution is 9.10. The molecule has 2 aliphatic heterocycles. The number of ether oxygens (including phenoxy) is 1. The first-order chi connectivity index (χ1) is 11.1. The van der Waals surface area contributed by atoms with Crippen molar-refractivity contribution in [2.75, 3.05) is 24.6 Å². The van der Waals surface area contributed by atoms with Crippen LogP contribution in [0.15, 0.2) is 28.7 Å². The molecule has 0 bridgehead atoms. The van der Waals surface area contributed by atoms with Crippen molar-refractivity contribution >= 4 is 33.4 Å². The fourth-order valence-corrected chi connectivity index (χ4v) is 3.66. The zero-order chi connectivity index (χ0) is 16.2. The van der Waals surface area contributed by atoms with Crippen molar-refractivity contribution in [1.29, 1.82) is 0 Å². The van der Waals surface area contributed by atoms with E-state index in [0.717, 1.165) is 36.0 Å². The highest BCUT2D eigenvalue weighted by Gasteiger charge is 2.35. The van der Waals surface area contributed by atoms with Gasteiger partial charge in [0, 0.05) is 30.6 Å². The van der Waals surface area contributed by atoms with Gasteiger partial charge in [-0.1, -0.05) is 12.1 Å². The van der Waals surface area contributed by atoms with Gasteiger partial charge in [0.2, 0.25) is 11.8 Å². The second-order valence-corrected chi connectivity index (χ2v) is 6.93. The SMILES string of the molecule is O=C(NCC[C@H]1CCCO1)[C@H]1CC(=O)N(c2ccccc2Br)C1. The fraction of sp³-hybridized carbons (Fsp3) is 0.529. The Hall–Kier alpha value is -1.40. The van der Waals surface area contributed by atoms with E-state index in [9.17, 15) is 9.59 Å². The first-order valence-electron chi connectivity index (χ1n) is 8.09. The third-order valence-corrected chi connectivity index (χ3v) is 5.10. The molecule has 0 spiro atoms. The summed E-state index contributed by atoms with van der Waals surface area (Å²) in [6, 6.07) is 7.59. The van der Waals surface area contributed by atoms with Crippen LogP contribution in [-0.4, -0.2) is 37.6 Å². The minimum absolute atomic E-state index is 0.00354. The van der Waals surface area contributed by atoms with Gasteiger partial charge in [0.1, 0.15) is 0 Å². The molecule has 0 aliphatic carbocycles. The van der Waals surface area contributed by atoms with E-state index >= 15 is 0 Å². The molecule has 23 heavy (non-hydrogen) atoms. The minimum atomic E-state index is -0.279. The molecule has 2 fully saturated rings. The highest BCUT2D eigenvalue weighted by atomic mass is 79.9. The van der Waals surface area contributed by atoms with Gasteiger partial charge < -0.3 is 15.0 Å². The minimum Gasteiger partial charge on any atom is -0.378 e. The maximum absolute atomic E-state index is 12.3. The molecule has 1 N–H and O–H groups in total. The van der Waals surface area contributed by atoms with Crippen LogP contribution in [0.4, 0.5) is 5.69 Å². The zero-order valence-electron chi connectivity index (χ0n) is 13.0. The lowest BCUT2D eigenvalue weighted by atomic mass is 10.1. The molecule has 2 saturated heterocycles. The first-order valence-corrected chi connectivity index (χ1v) is 8.88. The normalized spacial score (nSPS) is 24.2. The van der Waals surface area contributed by atoms with E-state index in [1.54, 1.807) is 4.90 Å². The lowest BCUT2D eigenvalue weighted by Gasteiger charge is -2.18. The van der Waals surface area contributed by atoms with Crippen LogP contribution in [0.25, 0.3) is 0 Å². The quantitative estimate of drug-likeness (QED) is 0.853. The summed E-state index contributed by atoms with van der Waals surface area (Å²) in [5.41, 5.74) is 0.826. The number of carbonyl (C=O) groups is 2. The molecule has 6 heteroatoms. The molecule has 0 aromatic heterocycles. The van der Waals surface area contributed by atoms with Gasteiger partial charge in [0.05, 0.1) is 17.7 Å². The van der Waals surface area contributed by atoms with Crippen LogP contribution >= 0.6 is 15.9 Å². The Bertz CT molecular complexity index is 587. The number of hydrogen-bond acceptors (Lipinski definition) is 3. The number of rotatable bonds is 5. The van der Waals surface area contributed by atoms with Crippen molar-refractivity contribution in [2.24, 2.45) is 5.92 Å². The molecule has 0 radical (unpaired) electrons. The second kappa shape index (κ2) is 7.45. The van der Waals surface area contributed by atoms with Gasteiger partial charge in [-0.25, -0.2) is 0 Å². The van der Waals surface area contributed by atoms with Crippen LogP contribution in [0, 0.1) is 5.92 Å². The second-order valence-electron chi connectivity index (χ2n) is 6.07. The standard InChI is InChI=1S/C17H21BrN2O3/c18-14-5-1-2-6-15(14)20-11-12(10-16(20)21)17(22)19-8-7-13-4-3-9-23-13/h1-2,5-6,12-13H,3-4,7-11H2,(H,19,22)/t12-,13+/m0/s1. The molecule has 5 nitrogen and oxygen atoms in total. The molecule has 0 unspecified atom stereocenters. The molecule has 2 atom stereocenters. The van der Waals surface area contributed by atoms with Crippen LogP contribution < -0.4 is 10.2 Å². The number of carbonyl (C=O) groups excluding carboxylic acids is 2. The maximum atomic E-state index is 12.3. The van der Waals surface area contributed by atoms with Gasteiger partial charge in [-0.15, -0.1) is 0 Å². The number of amides is 2. The Kier molecular flexibility index (Phi) is 5.33. The van der Waals surface area contributed by atoms with Crippen molar-refractivity contribution < 1.29 is 14.3 Å². The van der Waals surface area contributed by atoms with Gasteiger partial charge in [-0.2, -0.15) is 0 Å². The van der Waals surface area contributed by atoms with E-state index in [1.165, 1.54) is 0 Å². The number of nitrogens with zero attached hydrogens (tertiary/aromatic N) is 1. The van der Waals surface area contributed by atoms with Crippen molar-refractivity contribution in [1.82, 2.24) is 5.32 Å². The Balaban J connectivity index is 1.52. The number of anilines is 1. The van der Waals surface area contributed by atoms with Crippen LogP contribution in [0.3, 0.4) is 0 Å². The lowest BCUT2D eigenvalue weighted by Crippen LogP contribution is -2.34. The Morgan fingerprint density at radius 3 is 2.96 bits per heavy atom. The Morgan fingerprint density at radius 1 is 1.39 bits per heavy atom. The molecule has 1 aromatic carbocycles. The smallest absolute Gasteiger partial charge is 0.227 e. The van der Waals surface area contributed by atoms with Gasteiger partial charge in [0.25, 0.3) is 0 Å². The summed E-state index contributed by atoms with van der Waals surface area (Å²) >= 11 is 3.46. The third-order valence-electron chi connectivity index (χ3n) is 4.43. The first kappa shape index (κ1) is 16.5. The molecule has 3 rings (SSSR count). The maximum Gasteiger partial charge on any atom is 0.227 e. The zero-order valence-corrected chi connectivity index (χ0v) is 14.5. The molecule has 124 valence electrons. The molecule has 2 heterocycles. The summed E-state index contributed by atoms with van der Waals surface area (Å²) in [6.07, 6.45) is 3.58. The van der Waals surface area contributed by atoms with E-state index in [0.29, 0.717) is 13.1 Å². The predicted molar refractivity (Wildman–Crippen MR) is 91.2 cm³/mol. The number of benzene rings is 1. The lowest BCUT2D eigenvalue weighted by molar-refractivity contribution is -0.126. The Morgan fingerprint density at radius 2 is 2.22 bits per heavy atom. The van der Waals surface area contributed by atoms with E-state index in [4.69, 9.17) is 4.74 Å². The molecule has 1 aromatic rings. The number of halogens is 1. The van der Waals surface area contributed by atoms with Crippen LogP contribution in [0.1, 0.15) is 25.7 Å². The van der Waals surface area contributed by atoms with Crippen molar-refractivity contribution in [3.63, 3.8) is 0 Å². The topological polar surface area (TPSA) is 58.6 Å². The summed E-state index contributed by atoms with van der Waals surface area (Å²) in [6.45, 7) is 1.88. The van der Waals surface area contributed by atoms with Crippen LogP contribution in [0.5, 0.6) is 0 Å². The van der Waals surface area contributed by atoms with E-state index in [-0.39, 0.29) is 30.3 Å².